The van der Waals surface area contributed by atoms with Crippen molar-refractivity contribution in [2.24, 2.45) is 5.92 Å². The maximum Gasteiger partial charge on any atom is 0.411 e. The van der Waals surface area contributed by atoms with E-state index in [0.717, 1.165) is 100 Å². The van der Waals surface area contributed by atoms with Gasteiger partial charge in [0.15, 0.2) is 5.78 Å². The third-order valence-electron chi connectivity index (χ3n) is 9.56. The molecule has 256 valence electrons. The maximum absolute atomic E-state index is 12.9. The molecule has 0 radical (unpaired) electrons. The molecule has 2 aliphatic rings. The van der Waals surface area contributed by atoms with Crippen LogP contribution < -0.4 is 10.6 Å². The number of ketones is 1. The molecule has 9 nitrogen and oxygen atoms in total. The average Bonchev–Trinajstić information content (AvgIpc) is 3.12. The number of Topliss-reactive ketones (excluding diaryl/α,β-unsaturated/α-hetero) is 1. The van der Waals surface area contributed by atoms with E-state index in [1.165, 1.54) is 0 Å². The number of rotatable bonds is 14. The Morgan fingerprint density at radius 2 is 1.54 bits per heavy atom. The van der Waals surface area contributed by atoms with Crippen LogP contribution in [0, 0.1) is 5.92 Å². The summed E-state index contributed by atoms with van der Waals surface area (Å²) < 4.78 is 5.77. The molecular formula is C39H51N5O4. The van der Waals surface area contributed by atoms with Crippen molar-refractivity contribution in [3.63, 3.8) is 0 Å². The lowest BCUT2D eigenvalue weighted by atomic mass is 9.96. The first kappa shape index (κ1) is 35.3. The van der Waals surface area contributed by atoms with E-state index in [2.05, 4.69) is 20.4 Å². The summed E-state index contributed by atoms with van der Waals surface area (Å²) in [7, 11) is 0. The molecule has 0 aliphatic carbocycles. The Hall–Kier alpha value is -4.05. The molecule has 0 spiro atoms. The molecule has 9 heteroatoms. The van der Waals surface area contributed by atoms with Crippen LogP contribution in [0.1, 0.15) is 55.5 Å². The molecule has 2 amide bonds. The summed E-state index contributed by atoms with van der Waals surface area (Å²) >= 11 is 0. The fourth-order valence-corrected chi connectivity index (χ4v) is 6.79. The minimum Gasteiger partial charge on any atom is -0.446 e. The van der Waals surface area contributed by atoms with Gasteiger partial charge in [-0.2, -0.15) is 0 Å². The Bertz CT molecular complexity index is 1470. The molecule has 0 aromatic heterocycles. The van der Waals surface area contributed by atoms with Crippen LogP contribution in [0.2, 0.25) is 0 Å². The second kappa shape index (κ2) is 17.9. The number of nitrogens with zero attached hydrogens (tertiary/aromatic N) is 3. The Balaban J connectivity index is 0.970. The van der Waals surface area contributed by atoms with E-state index in [1.54, 1.807) is 0 Å². The number of hydrogen-bond acceptors (Lipinski definition) is 7. The van der Waals surface area contributed by atoms with Gasteiger partial charge in [-0.3, -0.25) is 19.8 Å². The van der Waals surface area contributed by atoms with E-state index in [0.29, 0.717) is 18.7 Å². The number of hydrogen-bond donors (Lipinski definition) is 2. The van der Waals surface area contributed by atoms with E-state index in [9.17, 15) is 14.4 Å². The predicted octanol–water partition coefficient (Wildman–Crippen LogP) is 5.92. The van der Waals surface area contributed by atoms with Gasteiger partial charge in [-0.1, -0.05) is 72.8 Å². The summed E-state index contributed by atoms with van der Waals surface area (Å²) in [6.45, 7) is 11.7. The molecule has 1 atom stereocenters. The molecule has 48 heavy (non-hydrogen) atoms. The topological polar surface area (TPSA) is 94.2 Å². The van der Waals surface area contributed by atoms with E-state index in [-0.39, 0.29) is 23.7 Å². The number of anilines is 1. The monoisotopic (exact) mass is 653 g/mol. The Labute approximate surface area is 285 Å². The van der Waals surface area contributed by atoms with Crippen LogP contribution in [0.5, 0.6) is 0 Å². The van der Waals surface area contributed by atoms with Crippen molar-refractivity contribution in [3.8, 4) is 11.1 Å². The van der Waals surface area contributed by atoms with Gasteiger partial charge in [0.2, 0.25) is 5.91 Å². The standard InChI is InChI=1S/C39H51N5O4/c1-3-44(4-2)38(46)33-13-10-23-43(29-33)28-30-16-18-32(19-17-30)37(45)27-40-22-26-42-24-20-34(21-25-42)48-39(47)41-36-15-9-8-14-35(36)31-11-6-5-7-12-31/h5-9,11-12,14-19,33-34,40H,3-4,10,13,20-29H2,1-2H3,(H,41,47). The summed E-state index contributed by atoms with van der Waals surface area (Å²) in [6.07, 6.45) is 3.02. The first-order valence-corrected chi connectivity index (χ1v) is 17.6. The minimum atomic E-state index is -0.424. The number of para-hydroxylation sites is 1. The Morgan fingerprint density at radius 3 is 2.27 bits per heavy atom. The Kier molecular flexibility index (Phi) is 13.2. The third kappa shape index (κ3) is 9.98. The fraction of sp³-hybridized carbons (Fsp3) is 0.462. The molecular weight excluding hydrogens is 602 g/mol. The number of ether oxygens (including phenoxy) is 1. The zero-order chi connectivity index (χ0) is 33.7. The summed E-state index contributed by atoms with van der Waals surface area (Å²) in [5.41, 5.74) is 4.61. The first-order valence-electron chi connectivity index (χ1n) is 17.6. The van der Waals surface area contributed by atoms with Crippen LogP contribution in [-0.2, 0) is 16.1 Å². The number of benzene rings is 3. The lowest BCUT2D eigenvalue weighted by Crippen LogP contribution is -2.44. The molecule has 2 saturated heterocycles. The molecule has 2 aliphatic heterocycles. The highest BCUT2D eigenvalue weighted by molar-refractivity contribution is 5.97. The number of carbonyl (C=O) groups excluding carboxylic acids is 3. The lowest BCUT2D eigenvalue weighted by molar-refractivity contribution is -0.137. The van der Waals surface area contributed by atoms with Gasteiger partial charge in [0.05, 0.1) is 18.2 Å². The second-order valence-electron chi connectivity index (χ2n) is 12.9. The molecule has 2 N–H and O–H groups in total. The minimum absolute atomic E-state index is 0.0749. The lowest BCUT2D eigenvalue weighted by Gasteiger charge is -2.34. The predicted molar refractivity (Wildman–Crippen MR) is 191 cm³/mol. The number of piperidine rings is 2. The molecule has 3 aromatic carbocycles. The van der Waals surface area contributed by atoms with Crippen molar-refractivity contribution in [1.82, 2.24) is 20.0 Å². The molecule has 0 saturated carbocycles. The van der Waals surface area contributed by atoms with Crippen molar-refractivity contribution >= 4 is 23.5 Å². The quantitative estimate of drug-likeness (QED) is 0.165. The molecule has 3 aromatic rings. The smallest absolute Gasteiger partial charge is 0.411 e. The highest BCUT2D eigenvalue weighted by Crippen LogP contribution is 2.28. The van der Waals surface area contributed by atoms with Crippen molar-refractivity contribution in [2.45, 2.75) is 52.2 Å². The van der Waals surface area contributed by atoms with E-state index < -0.39 is 6.09 Å². The van der Waals surface area contributed by atoms with Crippen LogP contribution in [0.15, 0.2) is 78.9 Å². The zero-order valence-electron chi connectivity index (χ0n) is 28.5. The van der Waals surface area contributed by atoms with Crippen LogP contribution in [0.3, 0.4) is 0 Å². The van der Waals surface area contributed by atoms with Crippen molar-refractivity contribution < 1.29 is 19.1 Å². The van der Waals surface area contributed by atoms with Gasteiger partial charge >= 0.3 is 6.09 Å². The summed E-state index contributed by atoms with van der Waals surface area (Å²) in [6, 6.07) is 25.7. The van der Waals surface area contributed by atoms with Crippen LogP contribution in [0.25, 0.3) is 11.1 Å². The Morgan fingerprint density at radius 1 is 0.833 bits per heavy atom. The highest BCUT2D eigenvalue weighted by Gasteiger charge is 2.28. The summed E-state index contributed by atoms with van der Waals surface area (Å²) in [5, 5.41) is 6.24. The average molecular weight is 654 g/mol. The number of carbonyl (C=O) groups is 3. The zero-order valence-corrected chi connectivity index (χ0v) is 28.5. The molecule has 2 heterocycles. The van der Waals surface area contributed by atoms with Crippen molar-refractivity contribution in [3.05, 3.63) is 90.0 Å². The summed E-state index contributed by atoms with van der Waals surface area (Å²) in [5.74, 6) is 0.431. The van der Waals surface area contributed by atoms with Gasteiger partial charge in [-0.15, -0.1) is 0 Å². The van der Waals surface area contributed by atoms with Crippen molar-refractivity contribution in [1.29, 1.82) is 0 Å². The van der Waals surface area contributed by atoms with Gasteiger partial charge in [-0.05, 0) is 63.3 Å². The number of amides is 2. The first-order chi connectivity index (χ1) is 23.4. The second-order valence-corrected chi connectivity index (χ2v) is 12.9. The normalized spacial score (nSPS) is 17.5. The van der Waals surface area contributed by atoms with Crippen LogP contribution in [0.4, 0.5) is 10.5 Å². The molecule has 1 unspecified atom stereocenters. The summed E-state index contributed by atoms with van der Waals surface area (Å²) in [4.78, 5) is 45.1. The third-order valence-corrected chi connectivity index (χ3v) is 9.56. The molecule has 2 fully saturated rings. The van der Waals surface area contributed by atoms with Gasteiger partial charge < -0.3 is 19.9 Å². The number of nitrogens with one attached hydrogen (secondary N) is 2. The highest BCUT2D eigenvalue weighted by atomic mass is 16.6. The van der Waals surface area contributed by atoms with Gasteiger partial charge in [0.25, 0.3) is 0 Å². The van der Waals surface area contributed by atoms with Crippen LogP contribution in [-0.4, -0.2) is 97.5 Å². The van der Waals surface area contributed by atoms with Gasteiger partial charge in [-0.25, -0.2) is 4.79 Å². The van der Waals surface area contributed by atoms with Gasteiger partial charge in [0.1, 0.15) is 6.10 Å². The van der Waals surface area contributed by atoms with E-state index in [4.69, 9.17) is 4.74 Å². The van der Waals surface area contributed by atoms with Crippen LogP contribution >= 0.6 is 0 Å². The SMILES string of the molecule is CCN(CC)C(=O)C1CCCN(Cc2ccc(C(=O)CNCCN3CCC(OC(=O)Nc4ccccc4-c4ccccc4)CC3)cc2)C1. The molecule has 0 bridgehead atoms. The fourth-order valence-electron chi connectivity index (χ4n) is 6.79. The van der Waals surface area contributed by atoms with E-state index >= 15 is 0 Å². The molecule has 5 rings (SSSR count). The van der Waals surface area contributed by atoms with E-state index in [1.807, 2.05) is 97.6 Å². The number of likely N-dealkylation sites (tertiary alicyclic amines) is 2. The largest absolute Gasteiger partial charge is 0.446 e. The van der Waals surface area contributed by atoms with Crippen molar-refractivity contribution in [2.75, 3.05) is 64.2 Å². The maximum atomic E-state index is 12.9. The van der Waals surface area contributed by atoms with Gasteiger partial charge in [0, 0.05) is 63.5 Å².